The number of sulfonamides is 1. The lowest BCUT2D eigenvalue weighted by atomic mass is 10.2. The van der Waals surface area contributed by atoms with Crippen molar-refractivity contribution in [2.24, 2.45) is 0 Å². The van der Waals surface area contributed by atoms with Crippen molar-refractivity contribution >= 4 is 31.5 Å². The largest absolute Gasteiger partial charge is 0.324 e. The molecule has 3 rings (SSSR count). The van der Waals surface area contributed by atoms with Crippen LogP contribution in [0.2, 0.25) is 0 Å². The standard InChI is InChI=1S/C16H20N4O5S2/c1-12(20-9-2-8-17-20)16(21)18-13-3-5-15(6-4-13)27(24,25)19-14-7-10-26(22,23)11-14/h2-6,8-9,12,14,19H,7,10-11H2,1H3,(H,18,21). The highest BCUT2D eigenvalue weighted by Gasteiger charge is 2.31. The van der Waals surface area contributed by atoms with Crippen molar-refractivity contribution in [3.63, 3.8) is 0 Å². The molecule has 2 unspecified atom stereocenters. The highest BCUT2D eigenvalue weighted by Crippen LogP contribution is 2.18. The van der Waals surface area contributed by atoms with Crippen molar-refractivity contribution in [1.29, 1.82) is 0 Å². The van der Waals surface area contributed by atoms with Gasteiger partial charge in [0.2, 0.25) is 15.9 Å². The summed E-state index contributed by atoms with van der Waals surface area (Å²) in [6.07, 6.45) is 3.52. The maximum absolute atomic E-state index is 12.4. The molecule has 0 radical (unpaired) electrons. The molecule has 0 saturated carbocycles. The van der Waals surface area contributed by atoms with Crippen LogP contribution in [-0.2, 0) is 24.7 Å². The van der Waals surface area contributed by atoms with Gasteiger partial charge in [-0.15, -0.1) is 0 Å². The van der Waals surface area contributed by atoms with Gasteiger partial charge in [0.15, 0.2) is 9.84 Å². The third kappa shape index (κ3) is 4.73. The van der Waals surface area contributed by atoms with E-state index in [1.54, 1.807) is 25.4 Å². The van der Waals surface area contributed by atoms with E-state index in [0.717, 1.165) is 0 Å². The molecule has 0 aliphatic carbocycles. The van der Waals surface area contributed by atoms with Crippen molar-refractivity contribution in [3.05, 3.63) is 42.7 Å². The summed E-state index contributed by atoms with van der Waals surface area (Å²) in [5, 5.41) is 6.71. The Hall–Kier alpha value is -2.24. The maximum Gasteiger partial charge on any atom is 0.248 e. The first-order chi connectivity index (χ1) is 12.7. The fraction of sp³-hybridized carbons (Fsp3) is 0.375. The van der Waals surface area contributed by atoms with Crippen LogP contribution < -0.4 is 10.0 Å². The molecule has 2 aromatic rings. The minimum Gasteiger partial charge on any atom is -0.324 e. The summed E-state index contributed by atoms with van der Waals surface area (Å²) in [6, 6.07) is 6.26. The number of nitrogens with one attached hydrogen (secondary N) is 2. The molecule has 0 spiro atoms. The molecule has 146 valence electrons. The van der Waals surface area contributed by atoms with E-state index in [-0.39, 0.29) is 28.7 Å². The van der Waals surface area contributed by atoms with E-state index in [1.165, 1.54) is 28.9 Å². The first-order valence-corrected chi connectivity index (χ1v) is 11.6. The number of aromatic nitrogens is 2. The Bertz CT molecular complexity index is 1020. The maximum atomic E-state index is 12.4. The zero-order chi connectivity index (χ0) is 19.7. The number of amides is 1. The molecule has 1 aliphatic rings. The third-order valence-electron chi connectivity index (χ3n) is 4.29. The summed E-state index contributed by atoms with van der Waals surface area (Å²) in [7, 11) is -7.01. The van der Waals surface area contributed by atoms with Gasteiger partial charge in [-0.1, -0.05) is 0 Å². The topological polar surface area (TPSA) is 127 Å². The van der Waals surface area contributed by atoms with Crippen LogP contribution in [0.25, 0.3) is 0 Å². The van der Waals surface area contributed by atoms with Crippen LogP contribution in [0.4, 0.5) is 5.69 Å². The van der Waals surface area contributed by atoms with E-state index in [9.17, 15) is 21.6 Å². The number of sulfone groups is 1. The van der Waals surface area contributed by atoms with Crippen LogP contribution in [0, 0.1) is 0 Å². The van der Waals surface area contributed by atoms with Crippen LogP contribution in [0.1, 0.15) is 19.4 Å². The fourth-order valence-electron chi connectivity index (χ4n) is 2.77. The molecule has 1 aromatic heterocycles. The number of nitrogens with zero attached hydrogens (tertiary/aromatic N) is 2. The minimum atomic E-state index is -3.83. The van der Waals surface area contributed by atoms with Crippen LogP contribution in [-0.4, -0.2) is 50.1 Å². The van der Waals surface area contributed by atoms with Crippen molar-refractivity contribution < 1.29 is 21.6 Å². The molecule has 2 atom stereocenters. The van der Waals surface area contributed by atoms with Gasteiger partial charge in [0.25, 0.3) is 0 Å². The highest BCUT2D eigenvalue weighted by molar-refractivity contribution is 7.92. The van der Waals surface area contributed by atoms with Crippen LogP contribution in [0.15, 0.2) is 47.6 Å². The Morgan fingerprint density at radius 1 is 1.30 bits per heavy atom. The zero-order valence-corrected chi connectivity index (χ0v) is 16.2. The first kappa shape index (κ1) is 19.5. The fourth-order valence-corrected chi connectivity index (χ4v) is 5.82. The van der Waals surface area contributed by atoms with Gasteiger partial charge >= 0.3 is 0 Å². The van der Waals surface area contributed by atoms with Gasteiger partial charge in [-0.2, -0.15) is 5.10 Å². The Morgan fingerprint density at radius 3 is 2.56 bits per heavy atom. The van der Waals surface area contributed by atoms with Gasteiger partial charge in [0, 0.05) is 24.1 Å². The number of hydrogen-bond donors (Lipinski definition) is 2. The molecule has 2 heterocycles. The van der Waals surface area contributed by atoms with Gasteiger partial charge in [-0.25, -0.2) is 21.6 Å². The smallest absolute Gasteiger partial charge is 0.248 e. The summed E-state index contributed by atoms with van der Waals surface area (Å²) in [6.45, 7) is 1.70. The van der Waals surface area contributed by atoms with Crippen LogP contribution in [0.5, 0.6) is 0 Å². The van der Waals surface area contributed by atoms with Crippen LogP contribution in [0.3, 0.4) is 0 Å². The summed E-state index contributed by atoms with van der Waals surface area (Å²) in [5.74, 6) is -0.491. The Morgan fingerprint density at radius 2 is 2.00 bits per heavy atom. The van der Waals surface area contributed by atoms with E-state index in [0.29, 0.717) is 5.69 Å². The van der Waals surface area contributed by atoms with E-state index in [4.69, 9.17) is 0 Å². The molecule has 0 bridgehead atoms. The molecule has 1 aliphatic heterocycles. The molecular weight excluding hydrogens is 392 g/mol. The average Bonchev–Trinajstić information content (AvgIpc) is 3.24. The molecule has 1 saturated heterocycles. The average molecular weight is 412 g/mol. The Kier molecular flexibility index (Phi) is 5.36. The summed E-state index contributed by atoms with van der Waals surface area (Å²) in [4.78, 5) is 12.2. The van der Waals surface area contributed by atoms with Gasteiger partial charge in [0.1, 0.15) is 6.04 Å². The van der Waals surface area contributed by atoms with Crippen LogP contribution >= 0.6 is 0 Å². The lowest BCUT2D eigenvalue weighted by molar-refractivity contribution is -0.119. The van der Waals surface area contributed by atoms with Gasteiger partial charge in [0.05, 0.1) is 16.4 Å². The lowest BCUT2D eigenvalue weighted by Crippen LogP contribution is -2.35. The predicted octanol–water partition coefficient (Wildman–Crippen LogP) is 0.548. The van der Waals surface area contributed by atoms with Crippen molar-refractivity contribution in [2.45, 2.75) is 30.3 Å². The van der Waals surface area contributed by atoms with Crippen molar-refractivity contribution in [3.8, 4) is 0 Å². The molecule has 9 nitrogen and oxygen atoms in total. The van der Waals surface area contributed by atoms with E-state index < -0.39 is 31.9 Å². The monoisotopic (exact) mass is 412 g/mol. The van der Waals surface area contributed by atoms with E-state index in [1.807, 2.05) is 0 Å². The van der Waals surface area contributed by atoms with Crippen molar-refractivity contribution in [1.82, 2.24) is 14.5 Å². The van der Waals surface area contributed by atoms with Gasteiger partial charge in [-0.05, 0) is 43.7 Å². The second kappa shape index (κ2) is 7.41. The normalized spacial score (nSPS) is 20.3. The van der Waals surface area contributed by atoms with Gasteiger partial charge in [-0.3, -0.25) is 9.48 Å². The van der Waals surface area contributed by atoms with E-state index >= 15 is 0 Å². The zero-order valence-electron chi connectivity index (χ0n) is 14.6. The summed E-state index contributed by atoms with van der Waals surface area (Å²) < 4.78 is 51.6. The van der Waals surface area contributed by atoms with Crippen molar-refractivity contribution in [2.75, 3.05) is 16.8 Å². The van der Waals surface area contributed by atoms with E-state index in [2.05, 4.69) is 15.1 Å². The number of anilines is 1. The first-order valence-electron chi connectivity index (χ1n) is 8.29. The summed E-state index contributed by atoms with van der Waals surface area (Å²) in [5.41, 5.74) is 0.446. The molecule has 27 heavy (non-hydrogen) atoms. The minimum absolute atomic E-state index is 0.00456. The second-order valence-corrected chi connectivity index (χ2v) is 10.3. The molecule has 1 aromatic carbocycles. The number of carbonyl (C=O) groups excluding carboxylic acids is 1. The second-order valence-electron chi connectivity index (χ2n) is 6.40. The molecule has 2 N–H and O–H groups in total. The molecule has 11 heteroatoms. The quantitative estimate of drug-likeness (QED) is 0.713. The number of rotatable bonds is 6. The highest BCUT2D eigenvalue weighted by atomic mass is 32.2. The summed E-state index contributed by atoms with van der Waals surface area (Å²) >= 11 is 0. The predicted molar refractivity (Wildman–Crippen MR) is 99.4 cm³/mol. The number of hydrogen-bond acceptors (Lipinski definition) is 6. The lowest BCUT2D eigenvalue weighted by Gasteiger charge is -2.14. The Balaban J connectivity index is 1.65. The number of carbonyl (C=O) groups is 1. The van der Waals surface area contributed by atoms with Gasteiger partial charge < -0.3 is 5.32 Å². The third-order valence-corrected chi connectivity index (χ3v) is 7.59. The SMILES string of the molecule is CC(C(=O)Nc1ccc(S(=O)(=O)NC2CCS(=O)(=O)C2)cc1)n1cccn1. The Labute approximate surface area is 157 Å². The number of benzene rings is 1. The molecular formula is C16H20N4O5S2. The molecule has 1 amide bonds. The molecule has 1 fully saturated rings.